The lowest BCUT2D eigenvalue weighted by atomic mass is 10.2. The molecule has 6 heteroatoms. The molecule has 1 aliphatic heterocycles. The summed E-state index contributed by atoms with van der Waals surface area (Å²) < 4.78 is 11.1. The van der Waals surface area contributed by atoms with Gasteiger partial charge in [-0.05, 0) is 28.1 Å². The van der Waals surface area contributed by atoms with E-state index in [2.05, 4.69) is 15.9 Å². The van der Waals surface area contributed by atoms with Gasteiger partial charge in [0.25, 0.3) is 5.91 Å². The number of hydrogen-bond acceptors (Lipinski definition) is 3. The Balaban J connectivity index is 2.45. The minimum Gasteiger partial charge on any atom is -0.493 e. The zero-order valence-corrected chi connectivity index (χ0v) is 11.5. The number of nitrogens with zero attached hydrogens (tertiary/aromatic N) is 1. The van der Waals surface area contributed by atoms with E-state index >= 15 is 0 Å². The smallest absolute Gasteiger partial charge is 0.253 e. The normalized spacial score (nSPS) is 16.2. The number of rotatable bonds is 2. The second kappa shape index (κ2) is 5.25. The molecule has 1 aliphatic rings. The molecule has 1 aromatic rings. The third-order valence-corrected chi connectivity index (χ3v) is 3.28. The number of benzene rings is 1. The zero-order valence-electron chi connectivity index (χ0n) is 9.20. The zero-order chi connectivity index (χ0) is 12.4. The Kier molecular flexibility index (Phi) is 3.91. The van der Waals surface area contributed by atoms with E-state index in [1.807, 2.05) is 0 Å². The van der Waals surface area contributed by atoms with E-state index in [-0.39, 0.29) is 12.5 Å². The van der Waals surface area contributed by atoms with E-state index < -0.39 is 0 Å². The number of morpholine rings is 1. The van der Waals surface area contributed by atoms with Crippen LogP contribution < -0.4 is 9.64 Å². The Morgan fingerprint density at radius 2 is 2.29 bits per heavy atom. The van der Waals surface area contributed by atoms with Gasteiger partial charge in [-0.2, -0.15) is 0 Å². The quantitative estimate of drug-likeness (QED) is 0.840. The molecular formula is C11H11BrClNO3. The summed E-state index contributed by atoms with van der Waals surface area (Å²) in [6.45, 7) is 1.11. The average Bonchev–Trinajstić information content (AvgIpc) is 2.28. The molecule has 92 valence electrons. The first-order valence-corrected chi connectivity index (χ1v) is 6.21. The maximum absolute atomic E-state index is 11.8. The van der Waals surface area contributed by atoms with Crippen LogP contribution in [0, 0.1) is 0 Å². The van der Waals surface area contributed by atoms with Crippen molar-refractivity contribution in [2.75, 3.05) is 31.8 Å². The van der Waals surface area contributed by atoms with Crippen molar-refractivity contribution in [1.82, 2.24) is 0 Å². The highest BCUT2D eigenvalue weighted by molar-refractivity contribution is 9.10. The average molecular weight is 321 g/mol. The SMILES string of the molecule is COc1c(Br)cc(Cl)cc1N1CCOCC1=O. The second-order valence-corrected chi connectivity index (χ2v) is 4.83. The van der Waals surface area contributed by atoms with Crippen LogP contribution in [0.2, 0.25) is 5.02 Å². The van der Waals surface area contributed by atoms with Crippen LogP contribution in [0.25, 0.3) is 0 Å². The van der Waals surface area contributed by atoms with Crippen molar-refractivity contribution < 1.29 is 14.3 Å². The third kappa shape index (κ3) is 2.56. The van der Waals surface area contributed by atoms with Crippen LogP contribution in [0.15, 0.2) is 16.6 Å². The van der Waals surface area contributed by atoms with E-state index in [0.29, 0.717) is 29.6 Å². The van der Waals surface area contributed by atoms with Crippen LogP contribution in [0.5, 0.6) is 5.75 Å². The Hall–Kier alpha value is -0.780. The van der Waals surface area contributed by atoms with Crippen molar-refractivity contribution >= 4 is 39.1 Å². The van der Waals surface area contributed by atoms with Gasteiger partial charge in [-0.25, -0.2) is 0 Å². The van der Waals surface area contributed by atoms with Gasteiger partial charge in [-0.3, -0.25) is 4.79 Å². The first-order valence-electron chi connectivity index (χ1n) is 5.04. The van der Waals surface area contributed by atoms with Gasteiger partial charge in [0, 0.05) is 11.6 Å². The monoisotopic (exact) mass is 319 g/mol. The number of amides is 1. The molecule has 1 fully saturated rings. The number of anilines is 1. The molecule has 0 radical (unpaired) electrons. The van der Waals surface area contributed by atoms with Crippen molar-refractivity contribution in [3.63, 3.8) is 0 Å². The highest BCUT2D eigenvalue weighted by Gasteiger charge is 2.24. The van der Waals surface area contributed by atoms with Crippen LogP contribution in [0.4, 0.5) is 5.69 Å². The molecule has 0 unspecified atom stereocenters. The number of carbonyl (C=O) groups is 1. The first kappa shape index (κ1) is 12.7. The molecule has 1 heterocycles. The summed E-state index contributed by atoms with van der Waals surface area (Å²) in [5, 5.41) is 0.548. The fraction of sp³-hybridized carbons (Fsp3) is 0.364. The molecule has 1 aromatic carbocycles. The van der Waals surface area contributed by atoms with Crippen LogP contribution in [0.3, 0.4) is 0 Å². The van der Waals surface area contributed by atoms with Crippen LogP contribution in [-0.2, 0) is 9.53 Å². The Labute approximate surface area is 113 Å². The number of hydrogen-bond donors (Lipinski definition) is 0. The van der Waals surface area contributed by atoms with Gasteiger partial charge in [-0.15, -0.1) is 0 Å². The number of ether oxygens (including phenoxy) is 2. The van der Waals surface area contributed by atoms with E-state index in [0.717, 1.165) is 4.47 Å². The van der Waals surface area contributed by atoms with Gasteiger partial charge in [-0.1, -0.05) is 11.6 Å². The van der Waals surface area contributed by atoms with Crippen LogP contribution >= 0.6 is 27.5 Å². The summed E-state index contributed by atoms with van der Waals surface area (Å²) in [4.78, 5) is 13.4. The van der Waals surface area contributed by atoms with Crippen molar-refractivity contribution in [2.45, 2.75) is 0 Å². The molecule has 1 amide bonds. The third-order valence-electron chi connectivity index (χ3n) is 2.47. The maximum atomic E-state index is 11.8. The molecule has 0 saturated carbocycles. The molecule has 1 saturated heterocycles. The van der Waals surface area contributed by atoms with Crippen molar-refractivity contribution in [1.29, 1.82) is 0 Å². The summed E-state index contributed by atoms with van der Waals surface area (Å²) in [6, 6.07) is 3.45. The molecule has 4 nitrogen and oxygen atoms in total. The van der Waals surface area contributed by atoms with Crippen LogP contribution in [-0.4, -0.2) is 32.8 Å². The van der Waals surface area contributed by atoms with E-state index in [1.54, 1.807) is 24.1 Å². The minimum atomic E-state index is -0.0938. The number of carbonyl (C=O) groups excluding carboxylic acids is 1. The first-order chi connectivity index (χ1) is 8.13. The predicted octanol–water partition coefficient (Wildman–Crippen LogP) is 2.47. The van der Waals surface area contributed by atoms with Gasteiger partial charge in [0.05, 0.1) is 23.9 Å². The van der Waals surface area contributed by atoms with Gasteiger partial charge < -0.3 is 14.4 Å². The van der Waals surface area contributed by atoms with Gasteiger partial charge in [0.2, 0.25) is 0 Å². The number of methoxy groups -OCH3 is 1. The summed E-state index contributed by atoms with van der Waals surface area (Å²) in [5.74, 6) is 0.508. The Morgan fingerprint density at radius 1 is 1.53 bits per heavy atom. The fourth-order valence-corrected chi connectivity index (χ4v) is 2.68. The standard InChI is InChI=1S/C11H11BrClNO3/c1-16-11-8(12)4-7(13)5-9(11)14-2-3-17-6-10(14)15/h4-5H,2-3,6H2,1H3. The fourth-order valence-electron chi connectivity index (χ4n) is 1.72. The molecule has 0 aromatic heterocycles. The van der Waals surface area contributed by atoms with E-state index in [9.17, 15) is 4.79 Å². The molecule has 0 N–H and O–H groups in total. The van der Waals surface area contributed by atoms with Gasteiger partial charge in [0.15, 0.2) is 5.75 Å². The van der Waals surface area contributed by atoms with Crippen molar-refractivity contribution in [3.05, 3.63) is 21.6 Å². The lowest BCUT2D eigenvalue weighted by Crippen LogP contribution is -2.41. The second-order valence-electron chi connectivity index (χ2n) is 3.54. The molecule has 17 heavy (non-hydrogen) atoms. The largest absolute Gasteiger partial charge is 0.493 e. The molecule has 2 rings (SSSR count). The highest BCUT2D eigenvalue weighted by atomic mass is 79.9. The summed E-state index contributed by atoms with van der Waals surface area (Å²) >= 11 is 9.36. The lowest BCUT2D eigenvalue weighted by molar-refractivity contribution is -0.125. The predicted molar refractivity (Wildman–Crippen MR) is 68.9 cm³/mol. The topological polar surface area (TPSA) is 38.8 Å². The van der Waals surface area contributed by atoms with Crippen molar-refractivity contribution in [3.8, 4) is 5.75 Å². The molecule has 0 spiro atoms. The maximum Gasteiger partial charge on any atom is 0.253 e. The van der Waals surface area contributed by atoms with Crippen LogP contribution in [0.1, 0.15) is 0 Å². The Bertz CT molecular complexity index is 453. The highest BCUT2D eigenvalue weighted by Crippen LogP contribution is 2.38. The molecule has 0 aliphatic carbocycles. The summed E-state index contributed by atoms with van der Waals surface area (Å²) in [7, 11) is 1.56. The minimum absolute atomic E-state index is 0.0906. The summed E-state index contributed by atoms with van der Waals surface area (Å²) in [6.07, 6.45) is 0. The molecule has 0 atom stereocenters. The van der Waals surface area contributed by atoms with Gasteiger partial charge in [0.1, 0.15) is 6.61 Å². The molecule has 0 bridgehead atoms. The summed E-state index contributed by atoms with van der Waals surface area (Å²) in [5.41, 5.74) is 0.667. The van der Waals surface area contributed by atoms with Gasteiger partial charge >= 0.3 is 0 Å². The molecular weight excluding hydrogens is 309 g/mol. The van der Waals surface area contributed by atoms with E-state index in [1.165, 1.54) is 0 Å². The van der Waals surface area contributed by atoms with Crippen molar-refractivity contribution in [2.24, 2.45) is 0 Å². The lowest BCUT2D eigenvalue weighted by Gasteiger charge is -2.28. The van der Waals surface area contributed by atoms with E-state index in [4.69, 9.17) is 21.1 Å². The Morgan fingerprint density at radius 3 is 2.94 bits per heavy atom. The number of halogens is 2.